The lowest BCUT2D eigenvalue weighted by atomic mass is 9.98. The summed E-state index contributed by atoms with van der Waals surface area (Å²) in [5.74, 6) is -0.807. The van der Waals surface area contributed by atoms with E-state index in [1.165, 1.54) is 0 Å². The van der Waals surface area contributed by atoms with Crippen molar-refractivity contribution in [2.45, 2.75) is 25.9 Å². The van der Waals surface area contributed by atoms with E-state index in [1.807, 2.05) is 11.0 Å². The van der Waals surface area contributed by atoms with Crippen LogP contribution in [0, 0.1) is 0 Å². The Labute approximate surface area is 110 Å². The summed E-state index contributed by atoms with van der Waals surface area (Å²) < 4.78 is 0. The average Bonchev–Trinajstić information content (AvgIpc) is 2.27. The van der Waals surface area contributed by atoms with Crippen molar-refractivity contribution in [3.8, 4) is 0 Å². The van der Waals surface area contributed by atoms with Crippen molar-refractivity contribution in [2.24, 2.45) is 0 Å². The van der Waals surface area contributed by atoms with Crippen LogP contribution in [0.25, 0.3) is 0 Å². The van der Waals surface area contributed by atoms with Gasteiger partial charge in [0.1, 0.15) is 6.04 Å². The monoisotopic (exact) mass is 273 g/mol. The van der Waals surface area contributed by atoms with E-state index in [0.29, 0.717) is 16.6 Å². The van der Waals surface area contributed by atoms with Crippen molar-refractivity contribution < 1.29 is 9.90 Å². The summed E-state index contributed by atoms with van der Waals surface area (Å²) in [6, 6.07) is 3.12. The molecule has 0 fully saturated rings. The van der Waals surface area contributed by atoms with Crippen LogP contribution in [0.15, 0.2) is 12.1 Å². The highest BCUT2D eigenvalue weighted by atomic mass is 35.5. The zero-order valence-electron chi connectivity index (χ0n) is 9.41. The van der Waals surface area contributed by atoms with Crippen LogP contribution in [0.3, 0.4) is 0 Å². The Kier molecular flexibility index (Phi) is 3.61. The summed E-state index contributed by atoms with van der Waals surface area (Å²) in [6.07, 6.45) is 0.785. The number of benzene rings is 1. The number of nitrogens with zero attached hydrogens (tertiary/aromatic N) is 1. The van der Waals surface area contributed by atoms with Crippen LogP contribution >= 0.6 is 23.2 Å². The molecule has 3 nitrogen and oxygen atoms in total. The minimum absolute atomic E-state index is 0.491. The molecule has 0 radical (unpaired) electrons. The standard InChI is InChI=1S/C12H13Cl2NO2/c1-7(12(16)17)15-3-2-8-4-9(13)5-11(14)10(8)6-15/h4-5,7H,2-3,6H2,1H3,(H,16,17). The molecule has 1 aromatic rings. The zero-order valence-corrected chi connectivity index (χ0v) is 10.9. The molecule has 0 spiro atoms. The van der Waals surface area contributed by atoms with Crippen molar-refractivity contribution in [1.29, 1.82) is 0 Å². The molecule has 5 heteroatoms. The molecule has 0 saturated carbocycles. The Morgan fingerprint density at radius 3 is 2.82 bits per heavy atom. The van der Waals surface area contributed by atoms with Crippen LogP contribution in [0.5, 0.6) is 0 Å². The van der Waals surface area contributed by atoms with Gasteiger partial charge in [-0.25, -0.2) is 0 Å². The molecule has 0 saturated heterocycles. The molecule has 1 N–H and O–H groups in total. The Hall–Kier alpha value is -0.770. The number of hydrogen-bond acceptors (Lipinski definition) is 2. The van der Waals surface area contributed by atoms with E-state index in [4.69, 9.17) is 28.3 Å². The fraction of sp³-hybridized carbons (Fsp3) is 0.417. The predicted molar refractivity (Wildman–Crippen MR) is 67.7 cm³/mol. The number of hydrogen-bond donors (Lipinski definition) is 1. The number of carboxylic acids is 1. The Morgan fingerprint density at radius 2 is 2.18 bits per heavy atom. The van der Waals surface area contributed by atoms with Crippen molar-refractivity contribution in [3.05, 3.63) is 33.3 Å². The van der Waals surface area contributed by atoms with Gasteiger partial charge in [-0.05, 0) is 36.6 Å². The SMILES string of the molecule is CC(C(=O)O)N1CCc2cc(Cl)cc(Cl)c2C1. The lowest BCUT2D eigenvalue weighted by Crippen LogP contribution is -2.42. The zero-order chi connectivity index (χ0) is 12.6. The summed E-state index contributed by atoms with van der Waals surface area (Å²) in [6.45, 7) is 2.98. The predicted octanol–water partition coefficient (Wildman–Crippen LogP) is 2.82. The first kappa shape index (κ1) is 12.7. The third kappa shape index (κ3) is 2.57. The molecule has 17 heavy (non-hydrogen) atoms. The van der Waals surface area contributed by atoms with Crippen LogP contribution in [-0.2, 0) is 17.8 Å². The highest BCUT2D eigenvalue weighted by Gasteiger charge is 2.26. The number of aliphatic carboxylic acids is 1. The van der Waals surface area contributed by atoms with Gasteiger partial charge in [0.05, 0.1) is 0 Å². The molecule has 1 unspecified atom stereocenters. The van der Waals surface area contributed by atoms with Gasteiger partial charge < -0.3 is 5.11 Å². The van der Waals surface area contributed by atoms with E-state index < -0.39 is 12.0 Å². The van der Waals surface area contributed by atoms with E-state index in [-0.39, 0.29) is 0 Å². The van der Waals surface area contributed by atoms with Gasteiger partial charge in [0, 0.05) is 23.1 Å². The highest BCUT2D eigenvalue weighted by molar-refractivity contribution is 6.35. The second kappa shape index (κ2) is 4.84. The maximum atomic E-state index is 11.0. The van der Waals surface area contributed by atoms with Crippen LogP contribution in [-0.4, -0.2) is 28.6 Å². The van der Waals surface area contributed by atoms with Gasteiger partial charge in [-0.2, -0.15) is 0 Å². The number of carbonyl (C=O) groups is 1. The van der Waals surface area contributed by atoms with E-state index in [1.54, 1.807) is 13.0 Å². The van der Waals surface area contributed by atoms with Crippen molar-refractivity contribution >= 4 is 29.2 Å². The summed E-state index contributed by atoms with van der Waals surface area (Å²) in [5.41, 5.74) is 2.12. The van der Waals surface area contributed by atoms with Crippen LogP contribution in [0.4, 0.5) is 0 Å². The van der Waals surface area contributed by atoms with Crippen molar-refractivity contribution in [1.82, 2.24) is 4.90 Å². The third-order valence-corrected chi connectivity index (χ3v) is 3.74. The largest absolute Gasteiger partial charge is 0.480 e. The molecule has 1 aromatic carbocycles. The second-order valence-corrected chi connectivity index (χ2v) is 5.10. The summed E-state index contributed by atoms with van der Waals surface area (Å²) >= 11 is 12.1. The smallest absolute Gasteiger partial charge is 0.320 e. The molecule has 0 aromatic heterocycles. The first-order chi connectivity index (χ1) is 7.99. The molecule has 1 aliphatic rings. The number of rotatable bonds is 2. The van der Waals surface area contributed by atoms with Gasteiger partial charge in [-0.3, -0.25) is 9.69 Å². The van der Waals surface area contributed by atoms with Crippen molar-refractivity contribution in [2.75, 3.05) is 6.54 Å². The quantitative estimate of drug-likeness (QED) is 0.901. The second-order valence-electron chi connectivity index (χ2n) is 4.26. The highest BCUT2D eigenvalue weighted by Crippen LogP contribution is 2.30. The average molecular weight is 274 g/mol. The maximum Gasteiger partial charge on any atom is 0.320 e. The lowest BCUT2D eigenvalue weighted by molar-refractivity contribution is -0.143. The molecule has 1 heterocycles. The number of fused-ring (bicyclic) bond motifs is 1. The first-order valence-corrected chi connectivity index (χ1v) is 6.18. The molecule has 1 aliphatic heterocycles. The van der Waals surface area contributed by atoms with Crippen molar-refractivity contribution in [3.63, 3.8) is 0 Å². The van der Waals surface area contributed by atoms with Crippen LogP contribution in [0.1, 0.15) is 18.1 Å². The molecular formula is C12H13Cl2NO2. The Balaban J connectivity index is 2.27. The molecule has 0 bridgehead atoms. The minimum atomic E-state index is -0.807. The normalized spacial score (nSPS) is 17.6. The molecule has 0 amide bonds. The summed E-state index contributed by atoms with van der Waals surface area (Å²) in [4.78, 5) is 12.9. The van der Waals surface area contributed by atoms with E-state index in [2.05, 4.69) is 0 Å². The van der Waals surface area contributed by atoms with Gasteiger partial charge in [-0.1, -0.05) is 23.2 Å². The topological polar surface area (TPSA) is 40.5 Å². The first-order valence-electron chi connectivity index (χ1n) is 5.42. The molecule has 1 atom stereocenters. The lowest BCUT2D eigenvalue weighted by Gasteiger charge is -2.32. The van der Waals surface area contributed by atoms with Gasteiger partial charge in [-0.15, -0.1) is 0 Å². The van der Waals surface area contributed by atoms with E-state index in [0.717, 1.165) is 24.1 Å². The molecular weight excluding hydrogens is 261 g/mol. The fourth-order valence-electron chi connectivity index (χ4n) is 2.09. The molecule has 2 rings (SSSR count). The molecule has 92 valence electrons. The summed E-state index contributed by atoms with van der Waals surface area (Å²) in [5, 5.41) is 10.3. The Bertz CT molecular complexity index is 462. The van der Waals surface area contributed by atoms with Crippen LogP contribution in [0.2, 0.25) is 10.0 Å². The molecule has 0 aliphatic carbocycles. The third-order valence-electron chi connectivity index (χ3n) is 3.19. The van der Waals surface area contributed by atoms with Gasteiger partial charge in [0.2, 0.25) is 0 Å². The van der Waals surface area contributed by atoms with E-state index in [9.17, 15) is 4.79 Å². The minimum Gasteiger partial charge on any atom is -0.480 e. The number of carboxylic acid groups (broad SMARTS) is 1. The van der Waals surface area contributed by atoms with Gasteiger partial charge in [0.25, 0.3) is 0 Å². The van der Waals surface area contributed by atoms with Crippen LogP contribution < -0.4 is 0 Å². The number of halogens is 2. The maximum absolute atomic E-state index is 11.0. The Morgan fingerprint density at radius 1 is 1.47 bits per heavy atom. The fourth-order valence-corrected chi connectivity index (χ4v) is 2.69. The van der Waals surface area contributed by atoms with Gasteiger partial charge >= 0.3 is 5.97 Å². The van der Waals surface area contributed by atoms with Gasteiger partial charge in [0.15, 0.2) is 0 Å². The van der Waals surface area contributed by atoms with E-state index >= 15 is 0 Å². The summed E-state index contributed by atoms with van der Waals surface area (Å²) in [7, 11) is 0.